The molecule has 0 radical (unpaired) electrons. The molecule has 0 N–H and O–H groups in total. The first-order chi connectivity index (χ1) is 14.4. The van der Waals surface area contributed by atoms with E-state index in [1.54, 1.807) is 31.2 Å². The largest absolute Gasteiger partial charge is 0.487 e. The van der Waals surface area contributed by atoms with Gasteiger partial charge in [-0.3, -0.25) is 14.9 Å². The smallest absolute Gasteiger partial charge is 0.311 e. The van der Waals surface area contributed by atoms with E-state index < -0.39 is 4.92 Å². The molecule has 0 spiro atoms. The monoisotopic (exact) mass is 472 g/mol. The lowest BCUT2D eigenvalue weighted by Gasteiger charge is -2.14. The molecule has 3 aromatic rings. The fraction of sp³-hybridized carbons (Fsp3) is 0.286. The normalized spacial score (nSPS) is 12.4. The highest BCUT2D eigenvalue weighted by Crippen LogP contribution is 2.30. The molecule has 0 fully saturated rings. The lowest BCUT2D eigenvalue weighted by molar-refractivity contribution is -0.385. The van der Waals surface area contributed by atoms with Crippen LogP contribution in [0.1, 0.15) is 44.5 Å². The van der Waals surface area contributed by atoms with Crippen molar-refractivity contribution in [2.45, 2.75) is 33.1 Å². The summed E-state index contributed by atoms with van der Waals surface area (Å²) in [5.41, 5.74) is 0.532. The maximum absolute atomic E-state index is 13.2. The fourth-order valence-electron chi connectivity index (χ4n) is 2.99. The molecule has 2 aromatic carbocycles. The second-order valence-electron chi connectivity index (χ2n) is 6.69. The van der Waals surface area contributed by atoms with Gasteiger partial charge in [-0.15, -0.1) is 0 Å². The van der Waals surface area contributed by atoms with E-state index in [1.807, 2.05) is 19.9 Å². The van der Waals surface area contributed by atoms with E-state index in [9.17, 15) is 14.9 Å². The van der Waals surface area contributed by atoms with Crippen LogP contribution in [0.2, 0.25) is 0 Å². The second kappa shape index (κ2) is 9.17. The van der Waals surface area contributed by atoms with Crippen LogP contribution in [0.4, 0.5) is 5.69 Å². The maximum atomic E-state index is 13.2. The molecule has 8 nitrogen and oxygen atoms in total. The van der Waals surface area contributed by atoms with E-state index in [1.165, 1.54) is 17.0 Å². The Hall–Kier alpha value is -3.07. The number of rotatable bonds is 7. The summed E-state index contributed by atoms with van der Waals surface area (Å²) in [6.07, 6.45) is 2.17. The molecular weight excluding hydrogens is 452 g/mol. The number of nitro benzene ring substituents is 1. The molecule has 0 amide bonds. The highest BCUT2D eigenvalue weighted by molar-refractivity contribution is 9.10. The van der Waals surface area contributed by atoms with Crippen molar-refractivity contribution >= 4 is 38.7 Å². The van der Waals surface area contributed by atoms with Gasteiger partial charge in [0.2, 0.25) is 5.75 Å². The molecule has 1 aromatic heterocycles. The highest BCUT2D eigenvalue weighted by Gasteiger charge is 2.19. The van der Waals surface area contributed by atoms with Crippen molar-refractivity contribution in [1.82, 2.24) is 9.66 Å². The van der Waals surface area contributed by atoms with E-state index in [2.05, 4.69) is 26.0 Å². The van der Waals surface area contributed by atoms with Crippen LogP contribution < -0.4 is 10.3 Å². The molecule has 0 aliphatic carbocycles. The first-order valence-corrected chi connectivity index (χ1v) is 10.3. The second-order valence-corrected chi connectivity index (χ2v) is 7.60. The molecule has 0 unspecified atom stereocenters. The summed E-state index contributed by atoms with van der Waals surface area (Å²) < 4.78 is 7.51. The molecule has 0 saturated heterocycles. The molecule has 0 aliphatic heterocycles. The Balaban J connectivity index is 2.21. The Labute approximate surface area is 181 Å². The van der Waals surface area contributed by atoms with E-state index >= 15 is 0 Å². The zero-order chi connectivity index (χ0) is 21.8. The third-order valence-electron chi connectivity index (χ3n) is 4.71. The average Bonchev–Trinajstić information content (AvgIpc) is 2.73. The molecule has 0 bridgehead atoms. The van der Waals surface area contributed by atoms with Gasteiger partial charge >= 0.3 is 5.69 Å². The number of nitro groups is 1. The number of ether oxygens (including phenoxy) is 1. The van der Waals surface area contributed by atoms with Gasteiger partial charge in [-0.2, -0.15) is 9.78 Å². The number of hydrogen-bond acceptors (Lipinski definition) is 6. The quantitative estimate of drug-likeness (QED) is 0.277. The van der Waals surface area contributed by atoms with Crippen LogP contribution in [-0.2, 0) is 0 Å². The van der Waals surface area contributed by atoms with Gasteiger partial charge in [0.15, 0.2) is 0 Å². The summed E-state index contributed by atoms with van der Waals surface area (Å²) in [6.45, 7) is 5.98. The van der Waals surface area contributed by atoms with Gasteiger partial charge in [-0.1, -0.05) is 35.8 Å². The topological polar surface area (TPSA) is 99.6 Å². The summed E-state index contributed by atoms with van der Waals surface area (Å²) in [6, 6.07) is 9.90. The molecule has 1 atom stereocenters. The molecule has 3 rings (SSSR count). The van der Waals surface area contributed by atoms with Crippen molar-refractivity contribution in [3.8, 4) is 5.75 Å². The fourth-order valence-corrected chi connectivity index (χ4v) is 3.35. The van der Waals surface area contributed by atoms with Gasteiger partial charge in [0.05, 0.1) is 28.6 Å². The summed E-state index contributed by atoms with van der Waals surface area (Å²) in [5.74, 6) is 0.625. The molecule has 1 heterocycles. The summed E-state index contributed by atoms with van der Waals surface area (Å²) in [4.78, 5) is 28.7. The van der Waals surface area contributed by atoms with Gasteiger partial charge in [0.25, 0.3) is 5.56 Å². The standard InChI is InChI=1S/C21H21BrN4O4/c1-4-13(3)20-24-17-10-9-15(22)11-16(17)21(27)25(20)23-12-14-7-6-8-18(26(28)29)19(14)30-5-2/h6-13H,4-5H2,1-3H3/t13-/m1/s1. The van der Waals surface area contributed by atoms with Gasteiger partial charge in [-0.25, -0.2) is 4.98 Å². The van der Waals surface area contributed by atoms with E-state index in [0.717, 1.165) is 10.9 Å². The van der Waals surface area contributed by atoms with Crippen LogP contribution >= 0.6 is 15.9 Å². The third kappa shape index (κ3) is 4.25. The molecule has 9 heteroatoms. The Morgan fingerprint density at radius 2 is 2.10 bits per heavy atom. The molecule has 0 saturated carbocycles. The number of aromatic nitrogens is 2. The van der Waals surface area contributed by atoms with Crippen LogP contribution in [0.15, 0.2) is 50.8 Å². The van der Waals surface area contributed by atoms with Crippen LogP contribution in [0.25, 0.3) is 10.9 Å². The summed E-state index contributed by atoms with van der Waals surface area (Å²) >= 11 is 3.38. The first-order valence-electron chi connectivity index (χ1n) is 9.54. The lowest BCUT2D eigenvalue weighted by Crippen LogP contribution is -2.23. The van der Waals surface area contributed by atoms with Crippen molar-refractivity contribution in [2.75, 3.05) is 6.61 Å². The lowest BCUT2D eigenvalue weighted by atomic mass is 10.1. The van der Waals surface area contributed by atoms with E-state index in [4.69, 9.17) is 4.74 Å². The Morgan fingerprint density at radius 1 is 1.33 bits per heavy atom. The minimum Gasteiger partial charge on any atom is -0.487 e. The van der Waals surface area contributed by atoms with Crippen molar-refractivity contribution in [2.24, 2.45) is 5.10 Å². The number of fused-ring (bicyclic) bond motifs is 1. The van der Waals surface area contributed by atoms with Crippen molar-refractivity contribution in [1.29, 1.82) is 0 Å². The van der Waals surface area contributed by atoms with Crippen LogP contribution in [-0.4, -0.2) is 27.4 Å². The number of nitrogens with zero attached hydrogens (tertiary/aromatic N) is 4. The molecule has 0 aliphatic rings. The van der Waals surface area contributed by atoms with E-state index in [0.29, 0.717) is 22.3 Å². The predicted octanol–water partition coefficient (Wildman–Crippen LogP) is 4.86. The van der Waals surface area contributed by atoms with Crippen molar-refractivity contribution < 1.29 is 9.66 Å². The minimum atomic E-state index is -0.506. The Morgan fingerprint density at radius 3 is 2.77 bits per heavy atom. The summed E-state index contributed by atoms with van der Waals surface area (Å²) in [7, 11) is 0. The average molecular weight is 473 g/mol. The van der Waals surface area contributed by atoms with Gasteiger partial charge in [0, 0.05) is 22.0 Å². The molecule has 30 heavy (non-hydrogen) atoms. The zero-order valence-corrected chi connectivity index (χ0v) is 18.4. The molecular formula is C21H21BrN4O4. The predicted molar refractivity (Wildman–Crippen MR) is 120 cm³/mol. The first kappa shape index (κ1) is 21.6. The molecule has 156 valence electrons. The zero-order valence-electron chi connectivity index (χ0n) is 16.8. The van der Waals surface area contributed by atoms with Crippen LogP contribution in [0.5, 0.6) is 5.75 Å². The highest BCUT2D eigenvalue weighted by atomic mass is 79.9. The van der Waals surface area contributed by atoms with Crippen molar-refractivity contribution in [3.05, 3.63) is 72.7 Å². The summed E-state index contributed by atoms with van der Waals surface area (Å²) in [5, 5.41) is 16.1. The van der Waals surface area contributed by atoms with Gasteiger partial charge < -0.3 is 4.74 Å². The number of halogens is 1. The van der Waals surface area contributed by atoms with Crippen LogP contribution in [0.3, 0.4) is 0 Å². The Kier molecular flexibility index (Phi) is 6.61. The van der Waals surface area contributed by atoms with Gasteiger partial charge in [0.1, 0.15) is 5.82 Å². The maximum Gasteiger partial charge on any atom is 0.311 e. The Bertz CT molecular complexity index is 1190. The van der Waals surface area contributed by atoms with Crippen molar-refractivity contribution in [3.63, 3.8) is 0 Å². The van der Waals surface area contributed by atoms with E-state index in [-0.39, 0.29) is 29.5 Å². The van der Waals surface area contributed by atoms with Crippen LogP contribution in [0, 0.1) is 10.1 Å². The third-order valence-corrected chi connectivity index (χ3v) is 5.20. The van der Waals surface area contributed by atoms with Gasteiger partial charge in [-0.05, 0) is 37.6 Å². The number of hydrogen-bond donors (Lipinski definition) is 0. The minimum absolute atomic E-state index is 0.0145. The number of para-hydroxylation sites is 1. The number of benzene rings is 2. The SMILES string of the molecule is CCOc1c(C=Nn2c([C@H](C)CC)nc3ccc(Br)cc3c2=O)cccc1[N+](=O)[O-].